The maximum Gasteiger partial charge on any atom is 0.221 e. The Labute approximate surface area is 126 Å². The zero-order valence-electron chi connectivity index (χ0n) is 14.2. The van der Waals surface area contributed by atoms with Crippen molar-refractivity contribution in [1.82, 2.24) is 10.6 Å². The summed E-state index contributed by atoms with van der Waals surface area (Å²) >= 11 is 0. The molecule has 0 saturated heterocycles. The van der Waals surface area contributed by atoms with Crippen LogP contribution in [0.4, 0.5) is 0 Å². The van der Waals surface area contributed by atoms with E-state index in [2.05, 4.69) is 38.3 Å². The van der Waals surface area contributed by atoms with E-state index in [0.29, 0.717) is 6.42 Å². The van der Waals surface area contributed by atoms with Crippen LogP contribution in [0.25, 0.3) is 0 Å². The molecule has 3 nitrogen and oxygen atoms in total. The number of unbranched alkanes of at least 4 members (excludes halogenated alkanes) is 7. The Balaban J connectivity index is 3.23. The van der Waals surface area contributed by atoms with Crippen LogP contribution in [0.2, 0.25) is 0 Å². The molecule has 0 unspecified atom stereocenters. The van der Waals surface area contributed by atoms with Gasteiger partial charge in [0.25, 0.3) is 0 Å². The third kappa shape index (κ3) is 15.5. The van der Waals surface area contributed by atoms with Gasteiger partial charge in [-0.05, 0) is 27.2 Å². The maximum absolute atomic E-state index is 11.6. The molecule has 0 aromatic carbocycles. The molecule has 3 heteroatoms. The summed E-state index contributed by atoms with van der Waals surface area (Å²) < 4.78 is 0. The number of hydrogen-bond acceptors (Lipinski definition) is 2. The van der Waals surface area contributed by atoms with Gasteiger partial charge in [0, 0.05) is 25.0 Å². The van der Waals surface area contributed by atoms with Crippen molar-refractivity contribution in [2.45, 2.75) is 91.0 Å². The number of carbonyl (C=O) groups excluding carboxylic acids is 1. The lowest BCUT2D eigenvalue weighted by Crippen LogP contribution is -2.38. The molecule has 0 aliphatic rings. The Morgan fingerprint density at radius 1 is 0.850 bits per heavy atom. The Morgan fingerprint density at radius 2 is 1.40 bits per heavy atom. The van der Waals surface area contributed by atoms with Gasteiger partial charge in [-0.25, -0.2) is 0 Å². The van der Waals surface area contributed by atoms with Crippen molar-refractivity contribution in [3.63, 3.8) is 0 Å². The van der Waals surface area contributed by atoms with E-state index in [9.17, 15) is 4.79 Å². The highest BCUT2D eigenvalue weighted by Gasteiger charge is 2.09. The zero-order valence-corrected chi connectivity index (χ0v) is 14.2. The Bertz CT molecular complexity index is 234. The molecule has 0 atom stereocenters. The molecule has 0 aromatic heterocycles. The highest BCUT2D eigenvalue weighted by atomic mass is 16.1. The average molecular weight is 284 g/mol. The third-order valence-corrected chi connectivity index (χ3v) is 3.36. The molecule has 0 aromatic rings. The van der Waals surface area contributed by atoms with E-state index in [1.54, 1.807) is 0 Å². The molecule has 0 aliphatic carbocycles. The minimum Gasteiger partial charge on any atom is -0.356 e. The second-order valence-corrected chi connectivity index (χ2v) is 6.75. The van der Waals surface area contributed by atoms with E-state index < -0.39 is 0 Å². The van der Waals surface area contributed by atoms with Gasteiger partial charge in [-0.3, -0.25) is 4.79 Å². The zero-order chi connectivity index (χ0) is 15.3. The Hall–Kier alpha value is -0.570. The van der Waals surface area contributed by atoms with Gasteiger partial charge in [0.1, 0.15) is 0 Å². The molecule has 0 heterocycles. The Kier molecular flexibility index (Phi) is 11.8. The Morgan fingerprint density at radius 3 is 1.95 bits per heavy atom. The lowest BCUT2D eigenvalue weighted by molar-refractivity contribution is -0.121. The predicted molar refractivity (Wildman–Crippen MR) is 88.0 cm³/mol. The maximum atomic E-state index is 11.6. The first-order valence-electron chi connectivity index (χ1n) is 8.47. The van der Waals surface area contributed by atoms with E-state index in [1.807, 2.05) is 0 Å². The predicted octanol–water partition coefficient (Wildman–Crippen LogP) is 4.02. The summed E-state index contributed by atoms with van der Waals surface area (Å²) in [7, 11) is 0. The van der Waals surface area contributed by atoms with Crippen LogP contribution in [0.15, 0.2) is 0 Å². The lowest BCUT2D eigenvalue weighted by atomic mass is 10.1. The second-order valence-electron chi connectivity index (χ2n) is 6.75. The van der Waals surface area contributed by atoms with Crippen LogP contribution >= 0.6 is 0 Å². The fourth-order valence-corrected chi connectivity index (χ4v) is 2.13. The van der Waals surface area contributed by atoms with Crippen molar-refractivity contribution in [2.24, 2.45) is 0 Å². The number of nitrogens with one attached hydrogen (secondary N) is 2. The van der Waals surface area contributed by atoms with Gasteiger partial charge in [-0.2, -0.15) is 0 Å². The fraction of sp³-hybridized carbons (Fsp3) is 0.941. The molecular formula is C17H36N2O. The third-order valence-electron chi connectivity index (χ3n) is 3.36. The van der Waals surface area contributed by atoms with Gasteiger partial charge in [0.15, 0.2) is 0 Å². The fourth-order valence-electron chi connectivity index (χ4n) is 2.13. The quantitative estimate of drug-likeness (QED) is 0.531. The van der Waals surface area contributed by atoms with Gasteiger partial charge >= 0.3 is 0 Å². The van der Waals surface area contributed by atoms with Gasteiger partial charge in [0.2, 0.25) is 5.91 Å². The summed E-state index contributed by atoms with van der Waals surface area (Å²) in [5.74, 6) is 0.171. The second kappa shape index (κ2) is 12.2. The summed E-state index contributed by atoms with van der Waals surface area (Å²) in [5.41, 5.74) is 0.0953. The standard InChI is InChI=1S/C17H36N2O/c1-5-6-7-8-9-10-11-12-14-18-16(20)13-15-19-17(2,3)4/h19H,5-15H2,1-4H3,(H,18,20). The molecule has 0 spiro atoms. The average Bonchev–Trinajstić information content (AvgIpc) is 2.35. The highest BCUT2D eigenvalue weighted by Crippen LogP contribution is 2.07. The van der Waals surface area contributed by atoms with Crippen molar-refractivity contribution >= 4 is 5.91 Å². The summed E-state index contributed by atoms with van der Waals surface area (Å²) in [6, 6.07) is 0. The van der Waals surface area contributed by atoms with Crippen LogP contribution in [0.1, 0.15) is 85.5 Å². The van der Waals surface area contributed by atoms with Gasteiger partial charge < -0.3 is 10.6 Å². The molecule has 1 amide bonds. The highest BCUT2D eigenvalue weighted by molar-refractivity contribution is 5.75. The van der Waals surface area contributed by atoms with Crippen molar-refractivity contribution in [2.75, 3.05) is 13.1 Å². The topological polar surface area (TPSA) is 41.1 Å². The first-order chi connectivity index (χ1) is 9.45. The number of rotatable bonds is 12. The monoisotopic (exact) mass is 284 g/mol. The molecule has 0 bridgehead atoms. The molecule has 2 N–H and O–H groups in total. The smallest absolute Gasteiger partial charge is 0.221 e. The summed E-state index contributed by atoms with van der Waals surface area (Å²) in [6.07, 6.45) is 11.0. The largest absolute Gasteiger partial charge is 0.356 e. The van der Waals surface area contributed by atoms with Crippen molar-refractivity contribution in [3.05, 3.63) is 0 Å². The van der Waals surface area contributed by atoms with Crippen LogP contribution in [-0.2, 0) is 4.79 Å². The molecule has 0 saturated carbocycles. The number of hydrogen-bond donors (Lipinski definition) is 2. The van der Waals surface area contributed by atoms with Gasteiger partial charge in [-0.1, -0.05) is 51.9 Å². The van der Waals surface area contributed by atoms with E-state index in [-0.39, 0.29) is 11.4 Å². The van der Waals surface area contributed by atoms with E-state index in [0.717, 1.165) is 19.5 Å². The molecule has 0 aliphatic heterocycles. The molecular weight excluding hydrogens is 248 g/mol. The summed E-state index contributed by atoms with van der Waals surface area (Å²) in [6.45, 7) is 10.2. The minimum atomic E-state index is 0.0953. The van der Waals surface area contributed by atoms with Crippen LogP contribution in [-0.4, -0.2) is 24.5 Å². The van der Waals surface area contributed by atoms with E-state index in [4.69, 9.17) is 0 Å². The minimum absolute atomic E-state index is 0.0953. The van der Waals surface area contributed by atoms with E-state index >= 15 is 0 Å². The normalized spacial score (nSPS) is 11.6. The van der Waals surface area contributed by atoms with Crippen LogP contribution in [0, 0.1) is 0 Å². The SMILES string of the molecule is CCCCCCCCCCNC(=O)CCNC(C)(C)C. The van der Waals surface area contributed by atoms with E-state index in [1.165, 1.54) is 44.9 Å². The van der Waals surface area contributed by atoms with Crippen LogP contribution < -0.4 is 10.6 Å². The van der Waals surface area contributed by atoms with Crippen molar-refractivity contribution < 1.29 is 4.79 Å². The first-order valence-corrected chi connectivity index (χ1v) is 8.47. The molecule has 120 valence electrons. The lowest BCUT2D eigenvalue weighted by Gasteiger charge is -2.20. The van der Waals surface area contributed by atoms with Crippen molar-refractivity contribution in [1.29, 1.82) is 0 Å². The number of amides is 1. The molecule has 20 heavy (non-hydrogen) atoms. The molecule has 0 rings (SSSR count). The first kappa shape index (κ1) is 19.4. The van der Waals surface area contributed by atoms with Gasteiger partial charge in [-0.15, -0.1) is 0 Å². The summed E-state index contributed by atoms with van der Waals surface area (Å²) in [5, 5.41) is 6.33. The van der Waals surface area contributed by atoms with Crippen LogP contribution in [0.3, 0.4) is 0 Å². The number of carbonyl (C=O) groups is 1. The van der Waals surface area contributed by atoms with Gasteiger partial charge in [0.05, 0.1) is 0 Å². The molecule has 0 radical (unpaired) electrons. The summed E-state index contributed by atoms with van der Waals surface area (Å²) in [4.78, 5) is 11.6. The van der Waals surface area contributed by atoms with Crippen molar-refractivity contribution in [3.8, 4) is 0 Å². The van der Waals surface area contributed by atoms with Crippen LogP contribution in [0.5, 0.6) is 0 Å². The molecule has 0 fully saturated rings.